The van der Waals surface area contributed by atoms with Gasteiger partial charge in [0.15, 0.2) is 5.43 Å². The molecule has 4 nitrogen and oxygen atoms in total. The number of anilines is 1. The molecular formula is C21H19ClN2O2. The van der Waals surface area contributed by atoms with Gasteiger partial charge in [-0.2, -0.15) is 0 Å². The second-order valence-corrected chi connectivity index (χ2v) is 6.40. The van der Waals surface area contributed by atoms with Crippen LogP contribution in [-0.2, 0) is 6.42 Å². The number of benzene rings is 2. The molecule has 1 N–H and O–H groups in total. The van der Waals surface area contributed by atoms with Crippen molar-refractivity contribution in [1.82, 2.24) is 4.57 Å². The summed E-state index contributed by atoms with van der Waals surface area (Å²) in [5.74, 6) is -0.408. The van der Waals surface area contributed by atoms with Gasteiger partial charge < -0.3 is 9.88 Å². The molecule has 0 saturated heterocycles. The van der Waals surface area contributed by atoms with E-state index < -0.39 is 5.91 Å². The number of hydrogen-bond donors (Lipinski definition) is 1. The Bertz CT molecular complexity index is 1010. The predicted molar refractivity (Wildman–Crippen MR) is 106 cm³/mol. The van der Waals surface area contributed by atoms with Crippen molar-refractivity contribution in [1.29, 1.82) is 0 Å². The van der Waals surface area contributed by atoms with Crippen molar-refractivity contribution in [3.8, 4) is 5.69 Å². The Morgan fingerprint density at radius 2 is 1.81 bits per heavy atom. The molecule has 0 radical (unpaired) electrons. The van der Waals surface area contributed by atoms with E-state index in [4.69, 9.17) is 11.6 Å². The van der Waals surface area contributed by atoms with Crippen LogP contribution in [0.4, 0.5) is 5.69 Å². The summed E-state index contributed by atoms with van der Waals surface area (Å²) < 4.78 is 1.91. The van der Waals surface area contributed by atoms with Gasteiger partial charge in [-0.05, 0) is 43.7 Å². The summed E-state index contributed by atoms with van der Waals surface area (Å²) in [6.45, 7) is 3.77. The van der Waals surface area contributed by atoms with Gasteiger partial charge in [0.25, 0.3) is 5.91 Å². The van der Waals surface area contributed by atoms with Gasteiger partial charge in [-0.3, -0.25) is 9.59 Å². The summed E-state index contributed by atoms with van der Waals surface area (Å²) in [5, 5.41) is 3.40. The first kappa shape index (κ1) is 18.0. The third-order valence-corrected chi connectivity index (χ3v) is 4.39. The number of hydrogen-bond acceptors (Lipinski definition) is 2. The Hall–Kier alpha value is -2.85. The molecule has 2 aromatic carbocycles. The number of aromatic nitrogens is 1. The molecule has 0 aliphatic carbocycles. The number of nitrogens with zero attached hydrogens (tertiary/aromatic N) is 1. The average Bonchev–Trinajstić information content (AvgIpc) is 2.61. The van der Waals surface area contributed by atoms with Crippen LogP contribution in [0.5, 0.6) is 0 Å². The van der Waals surface area contributed by atoms with Crippen LogP contribution in [0.25, 0.3) is 5.69 Å². The van der Waals surface area contributed by atoms with Crippen molar-refractivity contribution in [3.05, 3.63) is 92.9 Å². The summed E-state index contributed by atoms with van der Waals surface area (Å²) in [4.78, 5) is 25.4. The number of aryl methyl sites for hydroxylation is 1. The molecule has 5 heteroatoms. The van der Waals surface area contributed by atoms with E-state index in [0.717, 1.165) is 11.4 Å². The van der Waals surface area contributed by atoms with Crippen molar-refractivity contribution in [2.75, 3.05) is 5.32 Å². The van der Waals surface area contributed by atoms with E-state index in [1.807, 2.05) is 54.8 Å². The molecule has 1 amide bonds. The lowest BCUT2D eigenvalue weighted by atomic mass is 10.1. The minimum atomic E-state index is -0.408. The quantitative estimate of drug-likeness (QED) is 0.732. The molecule has 1 heterocycles. The van der Waals surface area contributed by atoms with Gasteiger partial charge in [-0.15, -0.1) is 0 Å². The Morgan fingerprint density at radius 3 is 2.46 bits per heavy atom. The molecule has 132 valence electrons. The largest absolute Gasteiger partial charge is 0.322 e. The van der Waals surface area contributed by atoms with Crippen LogP contribution in [0, 0.1) is 6.92 Å². The number of carbonyl (C=O) groups excluding carboxylic acids is 1. The Morgan fingerprint density at radius 1 is 1.08 bits per heavy atom. The van der Waals surface area contributed by atoms with Crippen LogP contribution in [0.3, 0.4) is 0 Å². The SMILES string of the molecule is CCc1c(C(=O)Nc2ccccc2)c(=O)cc(C)n1-c1cccc(Cl)c1. The molecule has 0 aliphatic rings. The predicted octanol–water partition coefficient (Wildman–Crippen LogP) is 4.61. The molecule has 0 unspecified atom stereocenters. The van der Waals surface area contributed by atoms with E-state index in [-0.39, 0.29) is 11.0 Å². The van der Waals surface area contributed by atoms with E-state index in [9.17, 15) is 9.59 Å². The van der Waals surface area contributed by atoms with Gasteiger partial charge in [0, 0.05) is 33.9 Å². The normalized spacial score (nSPS) is 10.6. The molecule has 0 saturated carbocycles. The maximum absolute atomic E-state index is 12.8. The van der Waals surface area contributed by atoms with Crippen molar-refractivity contribution in [2.45, 2.75) is 20.3 Å². The number of amides is 1. The molecule has 0 aliphatic heterocycles. The Kier molecular flexibility index (Phi) is 5.24. The fraction of sp³-hybridized carbons (Fsp3) is 0.143. The molecule has 26 heavy (non-hydrogen) atoms. The first-order valence-corrected chi connectivity index (χ1v) is 8.77. The minimum Gasteiger partial charge on any atom is -0.322 e. The van der Waals surface area contributed by atoms with Crippen LogP contribution in [0.1, 0.15) is 28.7 Å². The third kappa shape index (κ3) is 3.55. The topological polar surface area (TPSA) is 51.1 Å². The Labute approximate surface area is 157 Å². The average molecular weight is 367 g/mol. The fourth-order valence-corrected chi connectivity index (χ4v) is 3.25. The fourth-order valence-electron chi connectivity index (χ4n) is 3.06. The second-order valence-electron chi connectivity index (χ2n) is 5.96. The first-order chi connectivity index (χ1) is 12.5. The minimum absolute atomic E-state index is 0.155. The Balaban J connectivity index is 2.15. The summed E-state index contributed by atoms with van der Waals surface area (Å²) in [5.41, 5.74) is 2.75. The van der Waals surface area contributed by atoms with E-state index in [1.54, 1.807) is 18.2 Å². The molecule has 0 atom stereocenters. The van der Waals surface area contributed by atoms with Gasteiger partial charge in [-0.1, -0.05) is 42.8 Å². The lowest BCUT2D eigenvalue weighted by molar-refractivity contribution is 0.102. The number of nitrogens with one attached hydrogen (secondary N) is 1. The standard InChI is InChI=1S/C21H19ClN2O2/c1-3-18-20(21(26)23-16-9-5-4-6-10-16)19(25)12-14(2)24(18)17-11-7-8-15(22)13-17/h4-13H,3H2,1-2H3,(H,23,26). The van der Waals surface area contributed by atoms with Crippen LogP contribution >= 0.6 is 11.6 Å². The summed E-state index contributed by atoms with van der Waals surface area (Å²) in [6.07, 6.45) is 0.529. The zero-order valence-electron chi connectivity index (χ0n) is 14.6. The number of halogens is 1. The number of rotatable bonds is 4. The summed E-state index contributed by atoms with van der Waals surface area (Å²) in [6, 6.07) is 17.9. The van der Waals surface area contributed by atoms with Crippen molar-refractivity contribution >= 4 is 23.2 Å². The third-order valence-electron chi connectivity index (χ3n) is 4.16. The molecule has 0 bridgehead atoms. The highest BCUT2D eigenvalue weighted by Crippen LogP contribution is 2.21. The van der Waals surface area contributed by atoms with Gasteiger partial charge >= 0.3 is 0 Å². The van der Waals surface area contributed by atoms with Gasteiger partial charge in [-0.25, -0.2) is 0 Å². The second kappa shape index (κ2) is 7.58. The number of para-hydroxylation sites is 1. The molecule has 3 rings (SSSR count). The molecule has 3 aromatic rings. The molecule has 0 fully saturated rings. The van der Waals surface area contributed by atoms with Crippen molar-refractivity contribution in [3.63, 3.8) is 0 Å². The van der Waals surface area contributed by atoms with E-state index in [1.165, 1.54) is 6.07 Å². The van der Waals surface area contributed by atoms with E-state index in [0.29, 0.717) is 22.8 Å². The van der Waals surface area contributed by atoms with E-state index in [2.05, 4.69) is 5.32 Å². The van der Waals surface area contributed by atoms with Crippen LogP contribution in [0.15, 0.2) is 65.5 Å². The van der Waals surface area contributed by atoms with Crippen molar-refractivity contribution < 1.29 is 4.79 Å². The molecule has 1 aromatic heterocycles. The summed E-state index contributed by atoms with van der Waals surface area (Å²) >= 11 is 6.13. The van der Waals surface area contributed by atoms with Crippen LogP contribution in [-0.4, -0.2) is 10.5 Å². The maximum atomic E-state index is 12.8. The van der Waals surface area contributed by atoms with Gasteiger partial charge in [0.05, 0.1) is 0 Å². The monoisotopic (exact) mass is 366 g/mol. The highest BCUT2D eigenvalue weighted by atomic mass is 35.5. The maximum Gasteiger partial charge on any atom is 0.261 e. The first-order valence-electron chi connectivity index (χ1n) is 8.39. The van der Waals surface area contributed by atoms with Gasteiger partial charge in [0.1, 0.15) is 5.56 Å². The zero-order chi connectivity index (χ0) is 18.7. The lowest BCUT2D eigenvalue weighted by Gasteiger charge is -2.19. The van der Waals surface area contributed by atoms with Crippen LogP contribution in [0.2, 0.25) is 5.02 Å². The lowest BCUT2D eigenvalue weighted by Crippen LogP contribution is -2.27. The van der Waals surface area contributed by atoms with Gasteiger partial charge in [0.2, 0.25) is 0 Å². The molecule has 0 spiro atoms. The number of pyridine rings is 1. The van der Waals surface area contributed by atoms with Crippen molar-refractivity contribution in [2.24, 2.45) is 0 Å². The van der Waals surface area contributed by atoms with Crippen LogP contribution < -0.4 is 10.7 Å². The van der Waals surface area contributed by atoms with E-state index >= 15 is 0 Å². The highest BCUT2D eigenvalue weighted by molar-refractivity contribution is 6.30. The summed E-state index contributed by atoms with van der Waals surface area (Å²) in [7, 11) is 0. The highest BCUT2D eigenvalue weighted by Gasteiger charge is 2.20. The zero-order valence-corrected chi connectivity index (χ0v) is 15.4. The number of carbonyl (C=O) groups is 1. The smallest absolute Gasteiger partial charge is 0.261 e. The molecular weight excluding hydrogens is 348 g/mol.